The van der Waals surface area contributed by atoms with Gasteiger partial charge in [0.05, 0.1) is 17.5 Å². The molecular weight excluding hydrogens is 454 g/mol. The molecule has 0 radical (unpaired) electrons. The zero-order valence-corrected chi connectivity index (χ0v) is 18.6. The molecule has 0 spiro atoms. The number of carbonyl (C=O) groups excluding carboxylic acids is 1. The van der Waals surface area contributed by atoms with E-state index < -0.39 is 11.8 Å². The Kier molecular flexibility index (Phi) is 6.05. The molecule has 8 heteroatoms. The summed E-state index contributed by atoms with van der Waals surface area (Å²) in [6, 6.07) is 22.7. The van der Waals surface area contributed by atoms with Crippen LogP contribution < -0.4 is 5.32 Å². The van der Waals surface area contributed by atoms with Crippen molar-refractivity contribution in [3.63, 3.8) is 0 Å². The van der Waals surface area contributed by atoms with Gasteiger partial charge in [0.15, 0.2) is 0 Å². The highest BCUT2D eigenvalue weighted by atomic mass is 32.2. The molecule has 2 heterocycles. The van der Waals surface area contributed by atoms with E-state index in [0.29, 0.717) is 22.5 Å². The van der Waals surface area contributed by atoms with E-state index in [2.05, 4.69) is 20.5 Å². The molecule has 2 aromatic heterocycles. The molecule has 0 fully saturated rings. The van der Waals surface area contributed by atoms with Gasteiger partial charge in [-0.05, 0) is 60.2 Å². The van der Waals surface area contributed by atoms with Gasteiger partial charge in [-0.3, -0.25) is 9.89 Å². The Balaban J connectivity index is 1.31. The molecule has 34 heavy (non-hydrogen) atoms. The van der Waals surface area contributed by atoms with Crippen LogP contribution in [0.15, 0.2) is 94.9 Å². The molecule has 5 aromatic rings. The van der Waals surface area contributed by atoms with Crippen LogP contribution >= 0.6 is 11.8 Å². The van der Waals surface area contributed by atoms with Crippen molar-refractivity contribution in [1.82, 2.24) is 15.2 Å². The molecule has 0 aliphatic heterocycles. The van der Waals surface area contributed by atoms with Crippen LogP contribution in [0.5, 0.6) is 0 Å². The molecular formula is C26H18F2N4OS. The Labute approximate surface area is 198 Å². The third-order valence-electron chi connectivity index (χ3n) is 5.21. The normalized spacial score (nSPS) is 11.0. The average molecular weight is 473 g/mol. The van der Waals surface area contributed by atoms with E-state index in [1.807, 2.05) is 36.4 Å². The minimum absolute atomic E-state index is 0.0413. The number of nitrogens with zero attached hydrogens (tertiary/aromatic N) is 2. The number of amides is 1. The van der Waals surface area contributed by atoms with Crippen molar-refractivity contribution < 1.29 is 13.6 Å². The van der Waals surface area contributed by atoms with Gasteiger partial charge in [0, 0.05) is 27.1 Å². The van der Waals surface area contributed by atoms with E-state index in [1.165, 1.54) is 24.0 Å². The van der Waals surface area contributed by atoms with Gasteiger partial charge in [-0.2, -0.15) is 9.49 Å². The lowest BCUT2D eigenvalue weighted by Crippen LogP contribution is -2.15. The molecule has 5 rings (SSSR count). The smallest absolute Gasteiger partial charge is 0.228 e. The van der Waals surface area contributed by atoms with Gasteiger partial charge in [0.1, 0.15) is 11.5 Å². The van der Waals surface area contributed by atoms with Crippen LogP contribution in [0.25, 0.3) is 22.2 Å². The van der Waals surface area contributed by atoms with Gasteiger partial charge >= 0.3 is 0 Å². The van der Waals surface area contributed by atoms with E-state index in [9.17, 15) is 13.6 Å². The Morgan fingerprint density at radius 3 is 2.65 bits per heavy atom. The summed E-state index contributed by atoms with van der Waals surface area (Å²) in [5.74, 6) is -1.25. The van der Waals surface area contributed by atoms with Crippen molar-refractivity contribution in [2.75, 3.05) is 5.32 Å². The Morgan fingerprint density at radius 1 is 0.941 bits per heavy atom. The molecule has 0 saturated heterocycles. The third kappa shape index (κ3) is 4.67. The number of H-pyrrole nitrogens is 1. The molecule has 1 amide bonds. The second kappa shape index (κ2) is 9.44. The van der Waals surface area contributed by atoms with Crippen molar-refractivity contribution in [2.45, 2.75) is 16.2 Å². The fourth-order valence-electron chi connectivity index (χ4n) is 3.62. The van der Waals surface area contributed by atoms with E-state index >= 15 is 0 Å². The number of rotatable bonds is 6. The SMILES string of the molecule is O=C(Cc1ccccc1F)Nc1cccc(Sc2ccc3c(-c4cccnc4F)n[nH]c3c2)c1. The number of aromatic nitrogens is 3. The summed E-state index contributed by atoms with van der Waals surface area (Å²) in [5, 5.41) is 10.9. The van der Waals surface area contributed by atoms with E-state index in [-0.39, 0.29) is 12.3 Å². The van der Waals surface area contributed by atoms with E-state index in [4.69, 9.17) is 0 Å². The zero-order chi connectivity index (χ0) is 23.5. The fourth-order valence-corrected chi connectivity index (χ4v) is 4.54. The van der Waals surface area contributed by atoms with Crippen molar-refractivity contribution >= 4 is 34.3 Å². The van der Waals surface area contributed by atoms with Crippen molar-refractivity contribution in [3.8, 4) is 11.3 Å². The highest BCUT2D eigenvalue weighted by Crippen LogP contribution is 2.34. The lowest BCUT2D eigenvalue weighted by molar-refractivity contribution is -0.115. The summed E-state index contributed by atoms with van der Waals surface area (Å²) in [6.45, 7) is 0. The predicted molar refractivity (Wildman–Crippen MR) is 129 cm³/mol. The molecule has 0 bridgehead atoms. The standard InChI is InChI=1S/C26H18F2N4OS/c27-22-9-2-1-5-16(22)13-24(33)30-17-6-3-7-18(14-17)34-19-10-11-20-23(15-19)31-32-25(20)21-8-4-12-29-26(21)28/h1-12,14-15H,13H2,(H,30,33)(H,31,32). The molecule has 168 valence electrons. The molecule has 5 nitrogen and oxygen atoms in total. The molecule has 0 unspecified atom stereocenters. The highest BCUT2D eigenvalue weighted by molar-refractivity contribution is 7.99. The maximum Gasteiger partial charge on any atom is 0.228 e. The quantitative estimate of drug-likeness (QED) is 0.287. The van der Waals surface area contributed by atoms with Gasteiger partial charge in [-0.1, -0.05) is 36.0 Å². The van der Waals surface area contributed by atoms with Crippen LogP contribution in [-0.2, 0) is 11.2 Å². The van der Waals surface area contributed by atoms with Gasteiger partial charge < -0.3 is 5.32 Å². The Bertz CT molecular complexity index is 1500. The summed E-state index contributed by atoms with van der Waals surface area (Å²) < 4.78 is 27.9. The van der Waals surface area contributed by atoms with Gasteiger partial charge in [0.2, 0.25) is 11.9 Å². The second-order valence-corrected chi connectivity index (χ2v) is 8.71. The number of aromatic amines is 1. The number of pyridine rings is 1. The molecule has 0 aliphatic rings. The monoisotopic (exact) mass is 472 g/mol. The van der Waals surface area contributed by atoms with E-state index in [0.717, 1.165) is 20.7 Å². The number of hydrogen-bond donors (Lipinski definition) is 2. The van der Waals surface area contributed by atoms with Crippen LogP contribution in [0, 0.1) is 11.8 Å². The maximum absolute atomic E-state index is 14.1. The van der Waals surface area contributed by atoms with Gasteiger partial charge in [0.25, 0.3) is 0 Å². The Hall–Kier alpha value is -4.04. The summed E-state index contributed by atoms with van der Waals surface area (Å²) >= 11 is 1.51. The number of hydrogen-bond acceptors (Lipinski definition) is 4. The summed E-state index contributed by atoms with van der Waals surface area (Å²) in [6.07, 6.45) is 1.36. The van der Waals surface area contributed by atoms with Crippen molar-refractivity contribution in [3.05, 3.63) is 102 Å². The van der Waals surface area contributed by atoms with Gasteiger partial charge in [-0.15, -0.1) is 0 Å². The fraction of sp³-hybridized carbons (Fsp3) is 0.0385. The lowest BCUT2D eigenvalue weighted by atomic mass is 10.1. The Morgan fingerprint density at radius 2 is 1.79 bits per heavy atom. The number of carbonyl (C=O) groups is 1. The first kappa shape index (κ1) is 21.8. The first-order chi connectivity index (χ1) is 16.6. The number of benzene rings is 3. The van der Waals surface area contributed by atoms with Crippen LogP contribution in [0.3, 0.4) is 0 Å². The van der Waals surface area contributed by atoms with Crippen molar-refractivity contribution in [2.24, 2.45) is 0 Å². The summed E-state index contributed by atoms with van der Waals surface area (Å²) in [4.78, 5) is 17.9. The summed E-state index contributed by atoms with van der Waals surface area (Å²) in [7, 11) is 0. The third-order valence-corrected chi connectivity index (χ3v) is 6.19. The minimum Gasteiger partial charge on any atom is -0.326 e. The average Bonchev–Trinajstić information content (AvgIpc) is 3.24. The number of nitrogens with one attached hydrogen (secondary N) is 2. The largest absolute Gasteiger partial charge is 0.326 e. The first-order valence-electron chi connectivity index (χ1n) is 10.5. The molecule has 0 aliphatic carbocycles. The van der Waals surface area contributed by atoms with Crippen LogP contribution in [-0.4, -0.2) is 21.1 Å². The maximum atomic E-state index is 14.1. The van der Waals surface area contributed by atoms with Gasteiger partial charge in [-0.25, -0.2) is 9.37 Å². The molecule has 0 saturated carbocycles. The molecule has 2 N–H and O–H groups in total. The first-order valence-corrected chi connectivity index (χ1v) is 11.3. The van der Waals surface area contributed by atoms with E-state index in [1.54, 1.807) is 36.4 Å². The predicted octanol–water partition coefficient (Wildman–Crippen LogP) is 6.24. The number of halogens is 2. The van der Waals surface area contributed by atoms with Crippen molar-refractivity contribution in [1.29, 1.82) is 0 Å². The van der Waals surface area contributed by atoms with Crippen LogP contribution in [0.2, 0.25) is 0 Å². The highest BCUT2D eigenvalue weighted by Gasteiger charge is 2.14. The number of fused-ring (bicyclic) bond motifs is 1. The van der Waals surface area contributed by atoms with Crippen LogP contribution in [0.4, 0.5) is 14.5 Å². The molecule has 3 aromatic carbocycles. The second-order valence-electron chi connectivity index (χ2n) is 7.57. The zero-order valence-electron chi connectivity index (χ0n) is 17.8. The molecule has 0 atom stereocenters. The topological polar surface area (TPSA) is 70.7 Å². The lowest BCUT2D eigenvalue weighted by Gasteiger charge is -2.08. The summed E-state index contributed by atoms with van der Waals surface area (Å²) in [5.41, 5.74) is 2.61. The van der Waals surface area contributed by atoms with Crippen LogP contribution in [0.1, 0.15) is 5.56 Å². The number of anilines is 1. The minimum atomic E-state index is -0.566.